The maximum Gasteiger partial charge on any atom is 0.417 e. The molecule has 37 heavy (non-hydrogen) atoms. The molecule has 204 valence electrons. The normalized spacial score (nSPS) is 19.3. The van der Waals surface area contributed by atoms with Crippen molar-refractivity contribution in [2.45, 2.75) is 85.0 Å². The number of carbonyl (C=O) groups excluding carboxylic acids is 1. The minimum absolute atomic E-state index is 0.181. The lowest BCUT2D eigenvalue weighted by Gasteiger charge is -2.30. The molecule has 1 fully saturated rings. The van der Waals surface area contributed by atoms with Crippen LogP contribution >= 0.6 is 0 Å². The van der Waals surface area contributed by atoms with Crippen LogP contribution in [-0.2, 0) is 30.8 Å². The average molecular weight is 563 g/mol. The third-order valence-corrected chi connectivity index (χ3v) is 8.99. The van der Waals surface area contributed by atoms with Crippen LogP contribution in [0.2, 0.25) is 0 Å². The molecule has 0 heterocycles. The topological polar surface area (TPSA) is 119 Å². The van der Waals surface area contributed by atoms with Gasteiger partial charge < -0.3 is 10.1 Å². The number of ether oxygens (including phenoxy) is 1. The van der Waals surface area contributed by atoms with E-state index in [1.165, 1.54) is 24.3 Å². The molecule has 1 aliphatic rings. The maximum absolute atomic E-state index is 13.7. The Morgan fingerprint density at radius 2 is 1.49 bits per heavy atom. The number of alkyl halides is 3. The molecule has 0 atom stereocenters. The molecule has 0 radical (unpaired) electrons. The Kier molecular flexibility index (Phi) is 8.30. The first-order chi connectivity index (χ1) is 17.0. The number of carbonyl (C=O) groups is 1. The number of nitrogens with one attached hydrogen (secondary N) is 2. The summed E-state index contributed by atoms with van der Waals surface area (Å²) in [5.41, 5.74) is -1.97. The Morgan fingerprint density at radius 3 is 2.03 bits per heavy atom. The van der Waals surface area contributed by atoms with Gasteiger partial charge in [0.2, 0.25) is 19.9 Å². The van der Waals surface area contributed by atoms with E-state index in [0.717, 1.165) is 6.07 Å². The number of amides is 1. The molecule has 1 saturated carbocycles. The van der Waals surface area contributed by atoms with E-state index >= 15 is 0 Å². The Labute approximate surface area is 214 Å². The highest BCUT2D eigenvalue weighted by molar-refractivity contribution is 7.91. The molecule has 8 nitrogen and oxygen atoms in total. The van der Waals surface area contributed by atoms with Crippen molar-refractivity contribution >= 4 is 26.0 Å². The molecular formula is C24H29F3N2O6S2. The first-order valence-electron chi connectivity index (χ1n) is 11.5. The van der Waals surface area contributed by atoms with Gasteiger partial charge in [-0.15, -0.1) is 0 Å². The van der Waals surface area contributed by atoms with Gasteiger partial charge in [-0.05, 0) is 76.8 Å². The first kappa shape index (κ1) is 28.9. The number of benzene rings is 2. The number of sulfonamides is 1. The van der Waals surface area contributed by atoms with Gasteiger partial charge in [-0.3, -0.25) is 0 Å². The van der Waals surface area contributed by atoms with Crippen molar-refractivity contribution in [2.24, 2.45) is 0 Å². The van der Waals surface area contributed by atoms with Crippen molar-refractivity contribution in [2.75, 3.05) is 0 Å². The zero-order chi connectivity index (χ0) is 27.6. The van der Waals surface area contributed by atoms with Gasteiger partial charge in [0.25, 0.3) is 0 Å². The maximum atomic E-state index is 13.7. The van der Waals surface area contributed by atoms with Crippen LogP contribution in [0.3, 0.4) is 0 Å². The second-order valence-corrected chi connectivity index (χ2v) is 13.5. The van der Waals surface area contributed by atoms with Gasteiger partial charge in [-0.1, -0.05) is 18.2 Å². The minimum atomic E-state index is -5.04. The summed E-state index contributed by atoms with van der Waals surface area (Å²) in [6.45, 7) is 5.36. The quantitative estimate of drug-likeness (QED) is 0.529. The number of hydrogen-bond donors (Lipinski definition) is 2. The van der Waals surface area contributed by atoms with Gasteiger partial charge in [0, 0.05) is 11.6 Å². The van der Waals surface area contributed by atoms with Crippen molar-refractivity contribution < 1.29 is 39.5 Å². The molecule has 0 unspecified atom stereocenters. The van der Waals surface area contributed by atoms with Crippen LogP contribution in [0.1, 0.15) is 52.0 Å². The smallest absolute Gasteiger partial charge is 0.417 e. The lowest BCUT2D eigenvalue weighted by molar-refractivity contribution is -0.139. The summed E-state index contributed by atoms with van der Waals surface area (Å²) < 4.78 is 101. The summed E-state index contributed by atoms with van der Waals surface area (Å²) in [5.74, 6) is 0. The molecule has 2 aromatic carbocycles. The predicted molar refractivity (Wildman–Crippen MR) is 129 cm³/mol. The zero-order valence-electron chi connectivity index (χ0n) is 20.5. The number of hydrogen-bond acceptors (Lipinski definition) is 6. The minimum Gasteiger partial charge on any atom is -0.446 e. The Morgan fingerprint density at radius 1 is 0.892 bits per heavy atom. The number of rotatable bonds is 6. The van der Waals surface area contributed by atoms with Gasteiger partial charge in [0.15, 0.2) is 0 Å². The largest absolute Gasteiger partial charge is 0.446 e. The molecule has 1 amide bonds. The van der Waals surface area contributed by atoms with Crippen LogP contribution in [0, 0.1) is 0 Å². The fourth-order valence-electron chi connectivity index (χ4n) is 3.93. The summed E-state index contributed by atoms with van der Waals surface area (Å²) in [4.78, 5) is 10.0. The Bertz CT molecular complexity index is 1330. The second-order valence-electron chi connectivity index (χ2n) is 9.85. The van der Waals surface area contributed by atoms with Crippen molar-refractivity contribution in [1.82, 2.24) is 10.0 Å². The van der Waals surface area contributed by atoms with Crippen LogP contribution < -0.4 is 10.0 Å². The van der Waals surface area contributed by atoms with Crippen molar-refractivity contribution in [1.29, 1.82) is 0 Å². The van der Waals surface area contributed by atoms with E-state index in [0.29, 0.717) is 25.0 Å². The summed E-state index contributed by atoms with van der Waals surface area (Å²) in [6.07, 6.45) is -5.06. The van der Waals surface area contributed by atoms with Crippen LogP contribution in [0.15, 0.2) is 63.2 Å². The highest BCUT2D eigenvalue weighted by atomic mass is 32.2. The summed E-state index contributed by atoms with van der Waals surface area (Å²) >= 11 is 0. The molecule has 13 heteroatoms. The Balaban J connectivity index is 1.82. The van der Waals surface area contributed by atoms with Crippen LogP contribution in [-0.4, -0.2) is 40.6 Å². The van der Waals surface area contributed by atoms with Crippen LogP contribution in [0.25, 0.3) is 0 Å². The fraction of sp³-hybridized carbons (Fsp3) is 0.458. The van der Waals surface area contributed by atoms with Gasteiger partial charge in [0.1, 0.15) is 6.10 Å². The van der Waals surface area contributed by atoms with E-state index in [9.17, 15) is 34.8 Å². The van der Waals surface area contributed by atoms with Gasteiger partial charge in [-0.2, -0.15) is 13.2 Å². The van der Waals surface area contributed by atoms with E-state index < -0.39 is 65.2 Å². The lowest BCUT2D eigenvalue weighted by Crippen LogP contribution is -2.44. The molecule has 0 aromatic heterocycles. The molecular weight excluding hydrogens is 533 g/mol. The van der Waals surface area contributed by atoms with Crippen molar-refractivity contribution in [3.63, 3.8) is 0 Å². The lowest BCUT2D eigenvalue weighted by atomic mass is 9.94. The third kappa shape index (κ3) is 7.45. The number of halogens is 3. The fourth-order valence-corrected chi connectivity index (χ4v) is 6.87. The molecule has 0 saturated heterocycles. The van der Waals surface area contributed by atoms with Crippen LogP contribution in [0.4, 0.5) is 18.0 Å². The number of alkyl carbamates (subject to hydrolysis) is 1. The number of sulfone groups is 1. The summed E-state index contributed by atoms with van der Waals surface area (Å²) in [5, 5.41) is 2.66. The molecule has 2 N–H and O–H groups in total. The van der Waals surface area contributed by atoms with E-state index in [1.54, 1.807) is 26.8 Å². The van der Waals surface area contributed by atoms with Crippen molar-refractivity contribution in [3.05, 3.63) is 54.1 Å². The van der Waals surface area contributed by atoms with Gasteiger partial charge in [0.05, 0.1) is 20.2 Å². The average Bonchev–Trinajstić information content (AvgIpc) is 2.78. The highest BCUT2D eigenvalue weighted by Crippen LogP contribution is 2.37. The summed E-state index contributed by atoms with van der Waals surface area (Å²) in [7, 11) is -9.02. The zero-order valence-corrected chi connectivity index (χ0v) is 22.1. The second kappa shape index (κ2) is 10.6. The third-order valence-electron chi connectivity index (χ3n) is 5.66. The standard InChI is InChI=1S/C24H29F3N2O6S2/c1-23(2,3)28-22(30)35-17-11-9-16(10-12-17)29-37(33,34)21-15-19(13-14-20(21)24(25,26)27)36(31,32)18-7-5-4-6-8-18/h4-8,13-17,29H,9-12H2,1-3H3,(H,28,30). The molecule has 3 rings (SSSR count). The molecule has 0 bridgehead atoms. The van der Waals surface area contributed by atoms with Gasteiger partial charge >= 0.3 is 12.3 Å². The monoisotopic (exact) mass is 562 g/mol. The predicted octanol–water partition coefficient (Wildman–Crippen LogP) is 4.65. The van der Waals surface area contributed by atoms with Crippen molar-refractivity contribution in [3.8, 4) is 0 Å². The van der Waals surface area contributed by atoms with E-state index in [2.05, 4.69) is 10.0 Å². The highest BCUT2D eigenvalue weighted by Gasteiger charge is 2.39. The van der Waals surface area contributed by atoms with E-state index in [1.807, 2.05) is 0 Å². The summed E-state index contributed by atoms with van der Waals surface area (Å²) in [6, 6.07) is 8.03. The molecule has 1 aliphatic carbocycles. The molecule has 2 aromatic rings. The Hall–Kier alpha value is -2.64. The van der Waals surface area contributed by atoms with Gasteiger partial charge in [-0.25, -0.2) is 26.4 Å². The SMILES string of the molecule is CC(C)(C)NC(=O)OC1CCC(NS(=O)(=O)c2cc(S(=O)(=O)c3ccccc3)ccc2C(F)(F)F)CC1. The van der Waals surface area contributed by atoms with E-state index in [4.69, 9.17) is 4.74 Å². The molecule has 0 aliphatic heterocycles. The molecule has 0 spiro atoms. The first-order valence-corrected chi connectivity index (χ1v) is 14.5. The van der Waals surface area contributed by atoms with E-state index in [-0.39, 0.29) is 17.7 Å². The van der Waals surface area contributed by atoms with Crippen LogP contribution in [0.5, 0.6) is 0 Å².